The van der Waals surface area contributed by atoms with E-state index in [1.54, 1.807) is 0 Å². The summed E-state index contributed by atoms with van der Waals surface area (Å²) >= 11 is 0. The zero-order chi connectivity index (χ0) is 22.7. The minimum absolute atomic E-state index is 0.0169. The van der Waals surface area contributed by atoms with E-state index in [9.17, 15) is 4.79 Å². The topological polar surface area (TPSA) is 67.6 Å². The van der Waals surface area contributed by atoms with Gasteiger partial charge in [-0.2, -0.15) is 0 Å². The molecule has 0 bridgehead atoms. The fourth-order valence-electron chi connectivity index (χ4n) is 5.13. The molecule has 3 aromatic carbocycles. The summed E-state index contributed by atoms with van der Waals surface area (Å²) in [5.41, 5.74) is 6.56. The average molecular weight is 440 g/mol. The number of ether oxygens (including phenoxy) is 1. The van der Waals surface area contributed by atoms with Crippen LogP contribution in [0.3, 0.4) is 0 Å². The molecule has 1 fully saturated rings. The molecule has 1 aliphatic carbocycles. The molecule has 0 unspecified atom stereocenters. The Balaban J connectivity index is 1.61. The van der Waals surface area contributed by atoms with Crippen LogP contribution in [0.1, 0.15) is 35.3 Å². The summed E-state index contributed by atoms with van der Waals surface area (Å²) < 4.78 is 11.9. The Morgan fingerprint density at radius 3 is 2.52 bits per heavy atom. The highest BCUT2D eigenvalue weighted by molar-refractivity contribution is 6.28. The molecule has 0 amide bonds. The van der Waals surface area contributed by atoms with Crippen LogP contribution < -0.4 is 10.2 Å². The van der Waals surface area contributed by atoms with Gasteiger partial charge in [-0.25, -0.2) is 0 Å². The van der Waals surface area contributed by atoms with Crippen molar-refractivity contribution < 1.29 is 14.1 Å². The fraction of sp³-hybridized carbons (Fsp3) is 0.259. The highest BCUT2D eigenvalue weighted by atomic mass is 16.5. The third-order valence-electron chi connectivity index (χ3n) is 6.44. The van der Waals surface area contributed by atoms with Gasteiger partial charge >= 0.3 is 0 Å². The highest BCUT2D eigenvalue weighted by Gasteiger charge is 2.34. The van der Waals surface area contributed by atoms with Gasteiger partial charge in [0.2, 0.25) is 0 Å². The fourth-order valence-corrected chi connectivity index (χ4v) is 5.13. The number of benzene rings is 3. The van der Waals surface area contributed by atoms with Crippen molar-refractivity contribution in [2.24, 2.45) is 0 Å². The summed E-state index contributed by atoms with van der Waals surface area (Å²) in [6.07, 6.45) is 0.191. The van der Waals surface area contributed by atoms with E-state index in [1.165, 1.54) is 0 Å². The minimum Gasteiger partial charge on any atom is -0.372 e. The Labute approximate surface area is 192 Å². The number of hydrogen-bond donors (Lipinski definition) is 1. The number of nitrogens with zero attached hydrogens (tertiary/aromatic N) is 2. The lowest BCUT2D eigenvalue weighted by atomic mass is 9.86. The summed E-state index contributed by atoms with van der Waals surface area (Å²) in [5, 5.41) is 8.77. The van der Waals surface area contributed by atoms with E-state index in [0.717, 1.165) is 52.2 Å². The van der Waals surface area contributed by atoms with Crippen LogP contribution in [-0.2, 0) is 4.74 Å². The molecule has 6 rings (SSSR count). The van der Waals surface area contributed by atoms with Crippen molar-refractivity contribution in [3.8, 4) is 11.3 Å². The lowest BCUT2D eigenvalue weighted by Crippen LogP contribution is -2.45. The molecule has 1 saturated heterocycles. The molecule has 166 valence electrons. The third kappa shape index (κ3) is 3.21. The van der Waals surface area contributed by atoms with Gasteiger partial charge in [-0.1, -0.05) is 41.6 Å². The number of aromatic nitrogens is 1. The Kier molecular flexibility index (Phi) is 4.52. The smallest absolute Gasteiger partial charge is 0.196 e. The maximum Gasteiger partial charge on any atom is 0.196 e. The van der Waals surface area contributed by atoms with Crippen molar-refractivity contribution in [1.29, 1.82) is 0 Å². The van der Waals surface area contributed by atoms with Crippen molar-refractivity contribution in [3.05, 3.63) is 71.3 Å². The van der Waals surface area contributed by atoms with Crippen molar-refractivity contribution >= 4 is 33.7 Å². The second kappa shape index (κ2) is 7.46. The summed E-state index contributed by atoms with van der Waals surface area (Å²) in [7, 11) is 0. The number of rotatable bonds is 3. The summed E-state index contributed by atoms with van der Waals surface area (Å²) in [6.45, 7) is 7.71. The number of fused-ring (bicyclic) bond motifs is 2. The predicted octanol–water partition coefficient (Wildman–Crippen LogP) is 5.70. The van der Waals surface area contributed by atoms with Crippen molar-refractivity contribution in [2.75, 3.05) is 23.3 Å². The first-order chi connectivity index (χ1) is 16.0. The number of carbonyl (C=O) groups is 1. The lowest BCUT2D eigenvalue weighted by molar-refractivity contribution is -0.00515. The number of nitrogens with one attached hydrogen (secondary N) is 1. The first-order valence-electron chi connectivity index (χ1n) is 11.3. The van der Waals surface area contributed by atoms with Gasteiger partial charge in [-0.15, -0.1) is 0 Å². The summed E-state index contributed by atoms with van der Waals surface area (Å²) in [5.74, 6) is 0.635. The number of aryl methyl sites for hydroxylation is 1. The van der Waals surface area contributed by atoms with Gasteiger partial charge in [0.25, 0.3) is 0 Å². The van der Waals surface area contributed by atoms with Gasteiger partial charge in [0.05, 0.1) is 34.5 Å². The zero-order valence-electron chi connectivity index (χ0n) is 18.9. The van der Waals surface area contributed by atoms with Crippen LogP contribution in [0.15, 0.2) is 59.1 Å². The van der Waals surface area contributed by atoms with Gasteiger partial charge in [-0.05, 0) is 44.5 Å². The molecule has 2 atom stereocenters. The minimum atomic E-state index is -0.0169. The zero-order valence-corrected chi connectivity index (χ0v) is 18.9. The predicted molar refractivity (Wildman–Crippen MR) is 130 cm³/mol. The molecular weight excluding hydrogens is 414 g/mol. The van der Waals surface area contributed by atoms with Gasteiger partial charge in [0.15, 0.2) is 11.5 Å². The molecule has 33 heavy (non-hydrogen) atoms. The van der Waals surface area contributed by atoms with Crippen LogP contribution in [-0.4, -0.2) is 36.2 Å². The summed E-state index contributed by atoms with van der Waals surface area (Å²) in [6, 6.07) is 17.8. The molecule has 2 aliphatic rings. The van der Waals surface area contributed by atoms with Crippen LogP contribution in [0.2, 0.25) is 0 Å². The van der Waals surface area contributed by atoms with Gasteiger partial charge < -0.3 is 19.5 Å². The van der Waals surface area contributed by atoms with E-state index >= 15 is 0 Å². The van der Waals surface area contributed by atoms with E-state index in [2.05, 4.69) is 48.3 Å². The van der Waals surface area contributed by atoms with Gasteiger partial charge in [-0.3, -0.25) is 4.79 Å². The first kappa shape index (κ1) is 20.0. The van der Waals surface area contributed by atoms with E-state index in [-0.39, 0.29) is 18.0 Å². The van der Waals surface area contributed by atoms with Gasteiger partial charge in [0, 0.05) is 29.9 Å². The normalized spacial score (nSPS) is 19.6. The van der Waals surface area contributed by atoms with E-state index in [1.807, 2.05) is 42.5 Å². The van der Waals surface area contributed by atoms with E-state index in [0.29, 0.717) is 16.9 Å². The Morgan fingerprint density at radius 1 is 1.00 bits per heavy atom. The van der Waals surface area contributed by atoms with Crippen LogP contribution in [0, 0.1) is 6.92 Å². The summed E-state index contributed by atoms with van der Waals surface area (Å²) in [4.78, 5) is 16.0. The van der Waals surface area contributed by atoms with Crippen LogP contribution >= 0.6 is 0 Å². The average Bonchev–Trinajstić information content (AvgIpc) is 3.22. The number of carbonyl (C=O) groups excluding carboxylic acids is 1. The molecule has 1 aromatic heterocycles. The number of morpholine rings is 1. The Bertz CT molecular complexity index is 1400. The highest BCUT2D eigenvalue weighted by Crippen LogP contribution is 2.46. The molecular formula is C27H25N3O3. The third-order valence-corrected chi connectivity index (χ3v) is 6.44. The number of anilines is 3. The number of ketones is 1. The molecule has 0 radical (unpaired) electrons. The molecule has 6 nitrogen and oxygen atoms in total. The Morgan fingerprint density at radius 2 is 1.76 bits per heavy atom. The number of hydrogen-bond acceptors (Lipinski definition) is 6. The maximum absolute atomic E-state index is 13.7. The first-order valence-corrected chi connectivity index (χ1v) is 11.3. The quantitative estimate of drug-likeness (QED) is 0.389. The molecule has 2 heterocycles. The van der Waals surface area contributed by atoms with E-state index < -0.39 is 0 Å². The van der Waals surface area contributed by atoms with Gasteiger partial charge in [0.1, 0.15) is 5.52 Å². The molecule has 6 heteroatoms. The lowest BCUT2D eigenvalue weighted by Gasteiger charge is -2.37. The van der Waals surface area contributed by atoms with E-state index in [4.69, 9.17) is 9.26 Å². The molecule has 0 saturated carbocycles. The van der Waals surface area contributed by atoms with Crippen molar-refractivity contribution in [2.45, 2.75) is 33.0 Å². The SMILES string of the molecule is Cc1cccc(Nc2cc(N3C[C@@H](C)O[C@@H](C)C3)c3noc4c3c2C(=O)c2ccccc2-4)c1. The molecule has 1 aliphatic heterocycles. The van der Waals surface area contributed by atoms with Crippen molar-refractivity contribution in [3.63, 3.8) is 0 Å². The van der Waals surface area contributed by atoms with Crippen LogP contribution in [0.4, 0.5) is 17.1 Å². The Hall–Kier alpha value is -3.64. The molecule has 1 N–H and O–H groups in total. The van der Waals surface area contributed by atoms with Crippen LogP contribution in [0.5, 0.6) is 0 Å². The largest absolute Gasteiger partial charge is 0.372 e. The standard InChI is InChI=1S/C27H25N3O3/c1-15-7-6-8-18(11-15)28-21-12-22(30-13-16(2)32-17(3)14-30)25-24-23(21)26(31)19-9-4-5-10-20(19)27(24)33-29-25/h4-12,16-17,28H,13-14H2,1-3H3/t16-,17+. The van der Waals surface area contributed by atoms with Crippen molar-refractivity contribution in [1.82, 2.24) is 5.16 Å². The second-order valence-corrected chi connectivity index (χ2v) is 9.09. The second-order valence-electron chi connectivity index (χ2n) is 9.09. The molecule has 0 spiro atoms. The molecule has 4 aromatic rings. The maximum atomic E-state index is 13.7. The van der Waals surface area contributed by atoms with Crippen LogP contribution in [0.25, 0.3) is 22.2 Å². The monoisotopic (exact) mass is 439 g/mol.